The van der Waals surface area contributed by atoms with Crippen LogP contribution < -0.4 is 15.9 Å². The van der Waals surface area contributed by atoms with Gasteiger partial charge in [0.25, 0.3) is 5.56 Å². The molecule has 168 valence electrons. The maximum absolute atomic E-state index is 12.6. The SMILES string of the molecule is Cc1c(OC(=O)CCn2cnc3ccccc3c2=O)ccc2c(-c3ccccc3)cc(=O)oc12. The number of rotatable bonds is 5. The molecule has 5 rings (SSSR count). The third-order valence-corrected chi connectivity index (χ3v) is 5.71. The highest BCUT2D eigenvalue weighted by Gasteiger charge is 2.15. The van der Waals surface area contributed by atoms with Gasteiger partial charge in [-0.25, -0.2) is 9.78 Å². The van der Waals surface area contributed by atoms with Gasteiger partial charge in [-0.15, -0.1) is 0 Å². The molecule has 2 aromatic heterocycles. The molecule has 0 radical (unpaired) electrons. The number of fused-ring (bicyclic) bond motifs is 2. The van der Waals surface area contributed by atoms with Crippen LogP contribution in [0.15, 0.2) is 93.1 Å². The van der Waals surface area contributed by atoms with Crippen molar-refractivity contribution in [3.8, 4) is 16.9 Å². The molecule has 0 aliphatic heterocycles. The van der Waals surface area contributed by atoms with Gasteiger partial charge < -0.3 is 9.15 Å². The van der Waals surface area contributed by atoms with Crippen molar-refractivity contribution in [2.24, 2.45) is 0 Å². The van der Waals surface area contributed by atoms with E-state index in [2.05, 4.69) is 4.98 Å². The first-order valence-corrected chi connectivity index (χ1v) is 10.8. The zero-order chi connectivity index (χ0) is 23.7. The molecule has 0 bridgehead atoms. The summed E-state index contributed by atoms with van der Waals surface area (Å²) in [5, 5.41) is 1.24. The number of para-hydroxylation sites is 1. The van der Waals surface area contributed by atoms with Crippen LogP contribution in [0, 0.1) is 6.92 Å². The van der Waals surface area contributed by atoms with Crippen LogP contribution in [0.25, 0.3) is 33.0 Å². The van der Waals surface area contributed by atoms with Crippen LogP contribution in [0.4, 0.5) is 0 Å². The Morgan fingerprint density at radius 2 is 1.74 bits per heavy atom. The highest BCUT2D eigenvalue weighted by Crippen LogP contribution is 2.33. The van der Waals surface area contributed by atoms with Gasteiger partial charge in [0, 0.05) is 23.6 Å². The summed E-state index contributed by atoms with van der Waals surface area (Å²) in [6.45, 7) is 1.87. The number of nitrogens with zero attached hydrogens (tertiary/aromatic N) is 2. The summed E-state index contributed by atoms with van der Waals surface area (Å²) in [6.07, 6.45) is 1.41. The number of carbonyl (C=O) groups is 1. The topological polar surface area (TPSA) is 91.4 Å². The van der Waals surface area contributed by atoms with Gasteiger partial charge in [-0.2, -0.15) is 0 Å². The first-order valence-electron chi connectivity index (χ1n) is 10.8. The number of carbonyl (C=O) groups excluding carboxylic acids is 1. The summed E-state index contributed by atoms with van der Waals surface area (Å²) in [6, 6.07) is 21.5. The Kier molecular flexibility index (Phi) is 5.51. The van der Waals surface area contributed by atoms with Crippen molar-refractivity contribution in [3.05, 3.63) is 105 Å². The van der Waals surface area contributed by atoms with Gasteiger partial charge in [-0.1, -0.05) is 42.5 Å². The molecule has 2 heterocycles. The first-order chi connectivity index (χ1) is 16.5. The molecule has 0 saturated heterocycles. The molecule has 0 spiro atoms. The Labute approximate surface area is 193 Å². The van der Waals surface area contributed by atoms with Crippen LogP contribution in [0.5, 0.6) is 5.75 Å². The third kappa shape index (κ3) is 3.99. The highest BCUT2D eigenvalue weighted by molar-refractivity contribution is 5.96. The summed E-state index contributed by atoms with van der Waals surface area (Å²) in [4.78, 5) is 41.7. The van der Waals surface area contributed by atoms with E-state index >= 15 is 0 Å². The Bertz CT molecular complexity index is 1650. The third-order valence-electron chi connectivity index (χ3n) is 5.71. The number of benzene rings is 3. The fourth-order valence-electron chi connectivity index (χ4n) is 3.96. The monoisotopic (exact) mass is 452 g/mol. The summed E-state index contributed by atoms with van der Waals surface area (Å²) in [5.74, 6) is -0.209. The van der Waals surface area contributed by atoms with Crippen LogP contribution in [0.3, 0.4) is 0 Å². The minimum Gasteiger partial charge on any atom is -0.426 e. The van der Waals surface area contributed by atoms with Gasteiger partial charge in [-0.3, -0.25) is 14.2 Å². The number of esters is 1. The van der Waals surface area contributed by atoms with Gasteiger partial charge in [0.2, 0.25) is 0 Å². The second kappa shape index (κ2) is 8.78. The maximum atomic E-state index is 12.6. The van der Waals surface area contributed by atoms with E-state index in [4.69, 9.17) is 9.15 Å². The Balaban J connectivity index is 1.39. The van der Waals surface area contributed by atoms with Gasteiger partial charge in [-0.05, 0) is 42.3 Å². The maximum Gasteiger partial charge on any atom is 0.336 e. The molecule has 0 fully saturated rings. The smallest absolute Gasteiger partial charge is 0.336 e. The van der Waals surface area contributed by atoms with Crippen molar-refractivity contribution in [2.45, 2.75) is 19.9 Å². The molecule has 0 saturated carbocycles. The molecule has 5 aromatic rings. The van der Waals surface area contributed by atoms with Crippen LogP contribution in [0.1, 0.15) is 12.0 Å². The lowest BCUT2D eigenvalue weighted by Crippen LogP contribution is -2.23. The van der Waals surface area contributed by atoms with Crippen molar-refractivity contribution in [2.75, 3.05) is 0 Å². The molecule has 7 heteroatoms. The van der Waals surface area contributed by atoms with Gasteiger partial charge in [0.05, 0.1) is 23.7 Å². The number of hydrogen-bond donors (Lipinski definition) is 0. The van der Waals surface area contributed by atoms with Crippen molar-refractivity contribution >= 4 is 27.8 Å². The average molecular weight is 452 g/mol. The zero-order valence-corrected chi connectivity index (χ0v) is 18.4. The molecular formula is C27H20N2O5. The fraction of sp³-hybridized carbons (Fsp3) is 0.111. The van der Waals surface area contributed by atoms with Crippen LogP contribution in [0.2, 0.25) is 0 Å². The van der Waals surface area contributed by atoms with Gasteiger partial charge >= 0.3 is 11.6 Å². The predicted octanol–water partition coefficient (Wildman–Crippen LogP) is 4.47. The second-order valence-corrected chi connectivity index (χ2v) is 7.89. The summed E-state index contributed by atoms with van der Waals surface area (Å²) in [5.41, 5.74) is 2.46. The molecule has 0 unspecified atom stereocenters. The summed E-state index contributed by atoms with van der Waals surface area (Å²) in [7, 11) is 0. The van der Waals surface area contributed by atoms with E-state index in [1.165, 1.54) is 17.0 Å². The summed E-state index contributed by atoms with van der Waals surface area (Å²) < 4.78 is 12.4. The molecule has 3 aromatic carbocycles. The van der Waals surface area contributed by atoms with E-state index in [1.807, 2.05) is 36.4 Å². The van der Waals surface area contributed by atoms with Crippen LogP contribution in [-0.4, -0.2) is 15.5 Å². The lowest BCUT2D eigenvalue weighted by Gasteiger charge is -2.12. The quantitative estimate of drug-likeness (QED) is 0.222. The van der Waals surface area contributed by atoms with Crippen molar-refractivity contribution in [3.63, 3.8) is 0 Å². The van der Waals surface area contributed by atoms with E-state index in [1.54, 1.807) is 37.3 Å². The number of aryl methyl sites for hydroxylation is 2. The lowest BCUT2D eigenvalue weighted by atomic mass is 10.0. The van der Waals surface area contributed by atoms with E-state index in [0.717, 1.165) is 16.5 Å². The Morgan fingerprint density at radius 1 is 0.971 bits per heavy atom. The molecule has 34 heavy (non-hydrogen) atoms. The molecule has 0 aliphatic carbocycles. The van der Waals surface area contributed by atoms with Crippen molar-refractivity contribution in [1.82, 2.24) is 9.55 Å². The van der Waals surface area contributed by atoms with E-state index < -0.39 is 11.6 Å². The average Bonchev–Trinajstić information content (AvgIpc) is 2.86. The van der Waals surface area contributed by atoms with Crippen molar-refractivity contribution < 1.29 is 13.9 Å². The predicted molar refractivity (Wildman–Crippen MR) is 129 cm³/mol. The minimum atomic E-state index is -0.510. The summed E-state index contributed by atoms with van der Waals surface area (Å²) >= 11 is 0. The standard InChI is InChI=1S/C27H20N2O5/c1-17-23(12-11-19-21(15-25(31)34-26(17)19)18-7-3-2-4-8-18)33-24(30)13-14-29-16-28-22-10-6-5-9-20(22)27(29)32/h2-12,15-16H,13-14H2,1H3. The number of aromatic nitrogens is 2. The first kappa shape index (κ1) is 21.3. The van der Waals surface area contributed by atoms with E-state index in [0.29, 0.717) is 27.8 Å². The number of ether oxygens (including phenoxy) is 1. The number of hydrogen-bond acceptors (Lipinski definition) is 6. The van der Waals surface area contributed by atoms with Crippen LogP contribution in [-0.2, 0) is 11.3 Å². The minimum absolute atomic E-state index is 0.0224. The molecule has 0 atom stereocenters. The molecule has 0 N–H and O–H groups in total. The van der Waals surface area contributed by atoms with Gasteiger partial charge in [0.1, 0.15) is 11.3 Å². The lowest BCUT2D eigenvalue weighted by molar-refractivity contribution is -0.134. The second-order valence-electron chi connectivity index (χ2n) is 7.89. The molecule has 0 amide bonds. The van der Waals surface area contributed by atoms with E-state index in [-0.39, 0.29) is 18.5 Å². The highest BCUT2D eigenvalue weighted by atomic mass is 16.5. The molecule has 7 nitrogen and oxygen atoms in total. The van der Waals surface area contributed by atoms with Crippen LogP contribution >= 0.6 is 0 Å². The van der Waals surface area contributed by atoms with Gasteiger partial charge in [0.15, 0.2) is 0 Å². The fourth-order valence-corrected chi connectivity index (χ4v) is 3.96. The largest absolute Gasteiger partial charge is 0.426 e. The Morgan fingerprint density at radius 3 is 2.56 bits per heavy atom. The Hall–Kier alpha value is -4.52. The molecule has 0 aliphatic rings. The normalized spacial score (nSPS) is 11.1. The van der Waals surface area contributed by atoms with E-state index in [9.17, 15) is 14.4 Å². The van der Waals surface area contributed by atoms with Crippen molar-refractivity contribution in [1.29, 1.82) is 0 Å². The molecular weight excluding hydrogens is 432 g/mol. The zero-order valence-electron chi connectivity index (χ0n) is 18.4.